The fourth-order valence-corrected chi connectivity index (χ4v) is 3.90. The molecule has 0 N–H and O–H groups in total. The Hall–Kier alpha value is -2.81. The first kappa shape index (κ1) is 19.5. The number of hydrogen-bond donors (Lipinski definition) is 0. The van der Waals surface area contributed by atoms with Crippen molar-refractivity contribution in [3.05, 3.63) is 59.9 Å². The second-order valence-electron chi connectivity index (χ2n) is 7.26. The summed E-state index contributed by atoms with van der Waals surface area (Å²) in [4.78, 5) is 22.8. The third kappa shape index (κ3) is 4.79. The number of hydrogen-bond acceptors (Lipinski definition) is 4. The second kappa shape index (κ2) is 7.90. The number of nitrogens with zero attached hydrogens (tertiary/aromatic N) is 4. The van der Waals surface area contributed by atoms with Gasteiger partial charge >= 0.3 is 12.4 Å². The normalized spacial score (nSPS) is 20.1. The van der Waals surface area contributed by atoms with Gasteiger partial charge in [0, 0.05) is 38.9 Å². The maximum absolute atomic E-state index is 12.7. The van der Waals surface area contributed by atoms with Crippen LogP contribution in [0.15, 0.2) is 48.7 Å². The van der Waals surface area contributed by atoms with Crippen LogP contribution in [-0.4, -0.2) is 64.3 Å². The van der Waals surface area contributed by atoms with Gasteiger partial charge in [0.25, 0.3) is 0 Å². The molecule has 0 bridgehead atoms. The first-order valence-corrected chi connectivity index (χ1v) is 9.40. The number of urea groups is 1. The lowest BCUT2D eigenvalue weighted by Gasteiger charge is -2.36. The quantitative estimate of drug-likeness (QED) is 0.766. The first-order chi connectivity index (χ1) is 13.9. The van der Waals surface area contributed by atoms with E-state index >= 15 is 0 Å². The number of piperazine rings is 1. The molecule has 29 heavy (non-hydrogen) atoms. The number of fused-ring (bicyclic) bond motifs is 1. The second-order valence-corrected chi connectivity index (χ2v) is 7.26. The molecule has 2 amide bonds. The molecule has 9 heteroatoms. The fraction of sp³-hybridized carbons (Fsp3) is 0.400. The van der Waals surface area contributed by atoms with E-state index in [2.05, 4.69) is 14.6 Å². The predicted molar refractivity (Wildman–Crippen MR) is 98.9 cm³/mol. The summed E-state index contributed by atoms with van der Waals surface area (Å²) in [6.07, 6.45) is -2.99. The average Bonchev–Trinajstić information content (AvgIpc) is 2.96. The van der Waals surface area contributed by atoms with E-state index in [1.165, 1.54) is 12.1 Å². The standard InChI is InChI=1S/C20H21F3N4O2/c21-20(22,23)29-18-6-3-4-15(10-18)11-25-8-9-27-17(13-25)14-26(19(27)28)12-16-5-1-2-7-24-16/h1-7,10,17H,8-9,11-14H2/t17-/m1/s1. The number of rotatable bonds is 5. The van der Waals surface area contributed by atoms with Crippen LogP contribution in [0.2, 0.25) is 0 Å². The number of alkyl halides is 3. The van der Waals surface area contributed by atoms with E-state index in [-0.39, 0.29) is 17.8 Å². The van der Waals surface area contributed by atoms with Gasteiger partial charge in [-0.05, 0) is 29.8 Å². The van der Waals surface area contributed by atoms with Crippen LogP contribution in [0, 0.1) is 0 Å². The van der Waals surface area contributed by atoms with Gasteiger partial charge in [-0.15, -0.1) is 13.2 Å². The van der Waals surface area contributed by atoms with Crippen molar-refractivity contribution in [3.8, 4) is 5.75 Å². The minimum atomic E-state index is -4.70. The number of amides is 2. The van der Waals surface area contributed by atoms with Crippen LogP contribution in [-0.2, 0) is 13.1 Å². The molecule has 4 rings (SSSR count). The molecule has 2 aliphatic heterocycles. The highest BCUT2D eigenvalue weighted by Crippen LogP contribution is 2.26. The number of benzene rings is 1. The van der Waals surface area contributed by atoms with Crippen molar-refractivity contribution in [1.29, 1.82) is 0 Å². The first-order valence-electron chi connectivity index (χ1n) is 9.40. The summed E-state index contributed by atoms with van der Waals surface area (Å²) < 4.78 is 41.3. The van der Waals surface area contributed by atoms with Gasteiger partial charge in [-0.1, -0.05) is 18.2 Å². The van der Waals surface area contributed by atoms with Gasteiger partial charge in [0.1, 0.15) is 5.75 Å². The Morgan fingerprint density at radius 3 is 2.69 bits per heavy atom. The molecule has 154 valence electrons. The average molecular weight is 406 g/mol. The van der Waals surface area contributed by atoms with Crippen LogP contribution in [0.5, 0.6) is 5.75 Å². The Morgan fingerprint density at radius 1 is 1.07 bits per heavy atom. The largest absolute Gasteiger partial charge is 0.573 e. The van der Waals surface area contributed by atoms with E-state index in [9.17, 15) is 18.0 Å². The van der Waals surface area contributed by atoms with Crippen molar-refractivity contribution in [2.75, 3.05) is 26.2 Å². The van der Waals surface area contributed by atoms with Crippen LogP contribution < -0.4 is 4.74 Å². The van der Waals surface area contributed by atoms with Crippen molar-refractivity contribution in [1.82, 2.24) is 19.7 Å². The Kier molecular flexibility index (Phi) is 5.31. The Bertz CT molecular complexity index is 862. The molecule has 6 nitrogen and oxygen atoms in total. The molecular formula is C20H21F3N4O2. The zero-order chi connectivity index (χ0) is 20.4. The van der Waals surface area contributed by atoms with E-state index < -0.39 is 6.36 Å². The third-order valence-electron chi connectivity index (χ3n) is 5.13. The monoisotopic (exact) mass is 406 g/mol. The summed E-state index contributed by atoms with van der Waals surface area (Å²) in [6, 6.07) is 11.7. The number of aromatic nitrogens is 1. The molecule has 3 heterocycles. The maximum atomic E-state index is 12.7. The summed E-state index contributed by atoms with van der Waals surface area (Å²) in [7, 11) is 0. The molecule has 2 fully saturated rings. The van der Waals surface area contributed by atoms with Gasteiger partial charge < -0.3 is 14.5 Å². The third-order valence-corrected chi connectivity index (χ3v) is 5.13. The van der Waals surface area contributed by atoms with Crippen LogP contribution >= 0.6 is 0 Å². The summed E-state index contributed by atoms with van der Waals surface area (Å²) in [5, 5.41) is 0. The molecule has 0 saturated carbocycles. The fourth-order valence-electron chi connectivity index (χ4n) is 3.90. The van der Waals surface area contributed by atoms with Crippen LogP contribution in [0.25, 0.3) is 0 Å². The molecule has 2 aromatic rings. The van der Waals surface area contributed by atoms with Gasteiger partial charge in [0.2, 0.25) is 0 Å². The smallest absolute Gasteiger partial charge is 0.406 e. The number of halogens is 3. The van der Waals surface area contributed by atoms with Crippen molar-refractivity contribution >= 4 is 6.03 Å². The summed E-state index contributed by atoms with van der Waals surface area (Å²) >= 11 is 0. The van der Waals surface area contributed by atoms with E-state index in [1.807, 2.05) is 23.1 Å². The lowest BCUT2D eigenvalue weighted by molar-refractivity contribution is -0.274. The van der Waals surface area contributed by atoms with Gasteiger partial charge in [0.05, 0.1) is 18.3 Å². The van der Waals surface area contributed by atoms with Crippen molar-refractivity contribution in [2.24, 2.45) is 0 Å². The molecule has 0 unspecified atom stereocenters. The zero-order valence-electron chi connectivity index (χ0n) is 15.7. The Morgan fingerprint density at radius 2 is 1.93 bits per heavy atom. The lowest BCUT2D eigenvalue weighted by Crippen LogP contribution is -2.51. The molecular weight excluding hydrogens is 385 g/mol. The minimum Gasteiger partial charge on any atom is -0.406 e. The minimum absolute atomic E-state index is 0.0147. The van der Waals surface area contributed by atoms with Crippen molar-refractivity contribution < 1.29 is 22.7 Å². The lowest BCUT2D eigenvalue weighted by atomic mass is 10.1. The summed E-state index contributed by atoms with van der Waals surface area (Å²) in [5.74, 6) is -0.216. The van der Waals surface area contributed by atoms with Gasteiger partial charge in [-0.2, -0.15) is 0 Å². The highest BCUT2D eigenvalue weighted by atomic mass is 19.4. The summed E-state index contributed by atoms with van der Waals surface area (Å²) in [5.41, 5.74) is 1.59. The SMILES string of the molecule is O=C1N(Cc2ccccn2)C[C@H]2CN(Cc3cccc(OC(F)(F)F)c3)CCN12. The van der Waals surface area contributed by atoms with Crippen LogP contribution in [0.1, 0.15) is 11.3 Å². The van der Waals surface area contributed by atoms with Gasteiger partial charge in [0.15, 0.2) is 0 Å². The molecule has 0 spiro atoms. The molecule has 2 aliphatic rings. The van der Waals surface area contributed by atoms with Crippen LogP contribution in [0.4, 0.5) is 18.0 Å². The number of ether oxygens (including phenoxy) is 1. The predicted octanol–water partition coefficient (Wildman–Crippen LogP) is 3.10. The molecule has 0 radical (unpaired) electrons. The molecule has 0 aliphatic carbocycles. The topological polar surface area (TPSA) is 48.9 Å². The Labute approximate surface area is 166 Å². The number of carbonyl (C=O) groups excluding carboxylic acids is 1. The maximum Gasteiger partial charge on any atom is 0.573 e. The molecule has 1 aromatic heterocycles. The van der Waals surface area contributed by atoms with Crippen LogP contribution in [0.3, 0.4) is 0 Å². The number of pyridine rings is 1. The Balaban J connectivity index is 1.36. The van der Waals surface area contributed by atoms with E-state index in [0.29, 0.717) is 39.3 Å². The van der Waals surface area contributed by atoms with E-state index in [1.54, 1.807) is 23.2 Å². The van der Waals surface area contributed by atoms with E-state index in [4.69, 9.17) is 0 Å². The molecule has 2 saturated heterocycles. The molecule has 1 aromatic carbocycles. The highest BCUT2D eigenvalue weighted by Gasteiger charge is 2.40. The highest BCUT2D eigenvalue weighted by molar-refractivity contribution is 5.77. The number of carbonyl (C=O) groups is 1. The van der Waals surface area contributed by atoms with Crippen molar-refractivity contribution in [2.45, 2.75) is 25.5 Å². The summed E-state index contributed by atoms with van der Waals surface area (Å²) in [6.45, 7) is 3.54. The van der Waals surface area contributed by atoms with Crippen molar-refractivity contribution in [3.63, 3.8) is 0 Å². The van der Waals surface area contributed by atoms with Gasteiger partial charge in [-0.25, -0.2) is 4.79 Å². The zero-order valence-corrected chi connectivity index (χ0v) is 15.7. The molecule has 1 atom stereocenters. The van der Waals surface area contributed by atoms with Gasteiger partial charge in [-0.3, -0.25) is 9.88 Å². The van der Waals surface area contributed by atoms with E-state index in [0.717, 1.165) is 11.3 Å².